The molecule has 0 saturated carbocycles. The van der Waals surface area contributed by atoms with Crippen LogP contribution in [0.25, 0.3) is 0 Å². The number of hydrogen-bond donors (Lipinski definition) is 2. The first-order valence-corrected chi connectivity index (χ1v) is 10.2. The van der Waals surface area contributed by atoms with Crippen LogP contribution in [0.15, 0.2) is 47.5 Å². The Balaban J connectivity index is 0.00000320. The van der Waals surface area contributed by atoms with Gasteiger partial charge in [0.1, 0.15) is 0 Å². The van der Waals surface area contributed by atoms with E-state index < -0.39 is 0 Å². The number of halogens is 1. The molecule has 2 N–H and O–H groups in total. The molecule has 2 aromatic carbocycles. The SMILES string of the molecule is CN=C(NCCCN1CCc2ccccc2C1)NCc1ccc(OC)c(OC)c1.I. The Kier molecular flexibility index (Phi) is 10.2. The van der Waals surface area contributed by atoms with E-state index in [0.717, 1.165) is 62.0 Å². The average Bonchev–Trinajstić information content (AvgIpc) is 2.78. The van der Waals surface area contributed by atoms with Gasteiger partial charge in [-0.2, -0.15) is 0 Å². The lowest BCUT2D eigenvalue weighted by Crippen LogP contribution is -2.39. The van der Waals surface area contributed by atoms with Gasteiger partial charge < -0.3 is 20.1 Å². The number of ether oxygens (including phenoxy) is 2. The summed E-state index contributed by atoms with van der Waals surface area (Å²) in [5.74, 6) is 2.28. The van der Waals surface area contributed by atoms with E-state index in [0.29, 0.717) is 6.54 Å². The van der Waals surface area contributed by atoms with Crippen LogP contribution in [0.3, 0.4) is 0 Å². The minimum absolute atomic E-state index is 0. The van der Waals surface area contributed by atoms with Crippen LogP contribution in [-0.2, 0) is 19.5 Å². The number of rotatable bonds is 8. The zero-order chi connectivity index (χ0) is 20.5. The Bertz CT molecular complexity index is 829. The van der Waals surface area contributed by atoms with Crippen LogP contribution in [0.1, 0.15) is 23.1 Å². The Morgan fingerprint density at radius 3 is 2.53 bits per heavy atom. The minimum atomic E-state index is 0. The number of aliphatic imine (C=N–C) groups is 1. The summed E-state index contributed by atoms with van der Waals surface area (Å²) >= 11 is 0. The smallest absolute Gasteiger partial charge is 0.191 e. The quantitative estimate of drug-likeness (QED) is 0.240. The molecule has 6 nitrogen and oxygen atoms in total. The standard InChI is InChI=1S/C23H32N4O2.HI/c1-24-23(26-16-18-9-10-21(28-2)22(15-18)29-3)25-12-6-13-27-14-11-19-7-4-5-8-20(19)17-27;/h4-5,7-10,15H,6,11-14,16-17H2,1-3H3,(H2,24,25,26);1H. The second-order valence-corrected chi connectivity index (χ2v) is 7.19. The average molecular weight is 524 g/mol. The van der Waals surface area contributed by atoms with Crippen molar-refractivity contribution in [3.63, 3.8) is 0 Å². The largest absolute Gasteiger partial charge is 0.493 e. The van der Waals surface area contributed by atoms with E-state index in [-0.39, 0.29) is 24.0 Å². The van der Waals surface area contributed by atoms with Gasteiger partial charge in [0.15, 0.2) is 17.5 Å². The van der Waals surface area contributed by atoms with Gasteiger partial charge in [-0.1, -0.05) is 30.3 Å². The molecule has 30 heavy (non-hydrogen) atoms. The predicted molar refractivity (Wildman–Crippen MR) is 133 cm³/mol. The first-order chi connectivity index (χ1) is 14.2. The van der Waals surface area contributed by atoms with Crippen molar-refractivity contribution >= 4 is 29.9 Å². The van der Waals surface area contributed by atoms with Crippen LogP contribution in [0.5, 0.6) is 11.5 Å². The number of nitrogens with one attached hydrogen (secondary N) is 2. The van der Waals surface area contributed by atoms with Crippen LogP contribution in [0.2, 0.25) is 0 Å². The van der Waals surface area contributed by atoms with E-state index in [1.165, 1.54) is 11.1 Å². The van der Waals surface area contributed by atoms with Gasteiger partial charge in [0.05, 0.1) is 14.2 Å². The molecule has 0 bridgehead atoms. The number of benzene rings is 2. The van der Waals surface area contributed by atoms with Crippen molar-refractivity contribution in [3.05, 3.63) is 59.2 Å². The van der Waals surface area contributed by atoms with E-state index in [1.54, 1.807) is 21.3 Å². The summed E-state index contributed by atoms with van der Waals surface area (Å²) in [7, 11) is 5.09. The summed E-state index contributed by atoms with van der Waals surface area (Å²) in [6.07, 6.45) is 2.23. The Hall–Kier alpha value is -2.00. The highest BCUT2D eigenvalue weighted by Crippen LogP contribution is 2.27. The molecule has 3 rings (SSSR count). The van der Waals surface area contributed by atoms with Crippen molar-refractivity contribution in [1.29, 1.82) is 0 Å². The molecule has 0 amide bonds. The highest BCUT2D eigenvalue weighted by atomic mass is 127. The highest BCUT2D eigenvalue weighted by Gasteiger charge is 2.14. The van der Waals surface area contributed by atoms with Gasteiger partial charge in [0.25, 0.3) is 0 Å². The van der Waals surface area contributed by atoms with E-state index >= 15 is 0 Å². The topological polar surface area (TPSA) is 58.1 Å². The maximum atomic E-state index is 5.37. The van der Waals surface area contributed by atoms with Crippen molar-refractivity contribution in [1.82, 2.24) is 15.5 Å². The second kappa shape index (κ2) is 12.6. The zero-order valence-corrected chi connectivity index (χ0v) is 20.4. The van der Waals surface area contributed by atoms with Gasteiger partial charge in [0.2, 0.25) is 0 Å². The van der Waals surface area contributed by atoms with Crippen molar-refractivity contribution in [3.8, 4) is 11.5 Å². The third-order valence-corrected chi connectivity index (χ3v) is 5.28. The second-order valence-electron chi connectivity index (χ2n) is 7.19. The number of hydrogen-bond acceptors (Lipinski definition) is 4. The molecular weight excluding hydrogens is 491 g/mol. The van der Waals surface area contributed by atoms with Gasteiger partial charge in [-0.25, -0.2) is 0 Å². The van der Waals surface area contributed by atoms with Crippen molar-refractivity contribution < 1.29 is 9.47 Å². The lowest BCUT2D eigenvalue weighted by Gasteiger charge is -2.28. The lowest BCUT2D eigenvalue weighted by atomic mass is 10.00. The van der Waals surface area contributed by atoms with Crippen LogP contribution in [0, 0.1) is 0 Å². The summed E-state index contributed by atoms with van der Waals surface area (Å²) in [5, 5.41) is 6.76. The van der Waals surface area contributed by atoms with Gasteiger partial charge in [-0.3, -0.25) is 9.89 Å². The van der Waals surface area contributed by atoms with Gasteiger partial charge >= 0.3 is 0 Å². The number of methoxy groups -OCH3 is 2. The molecule has 0 radical (unpaired) electrons. The molecule has 0 unspecified atom stereocenters. The third kappa shape index (κ3) is 6.77. The molecule has 7 heteroatoms. The van der Waals surface area contributed by atoms with E-state index in [4.69, 9.17) is 9.47 Å². The fourth-order valence-electron chi connectivity index (χ4n) is 3.65. The molecule has 0 fully saturated rings. The molecular formula is C23H33IN4O2. The molecule has 164 valence electrons. The predicted octanol–water partition coefficient (Wildman–Crippen LogP) is 3.44. The van der Waals surface area contributed by atoms with Crippen molar-refractivity contribution in [2.24, 2.45) is 4.99 Å². The molecule has 0 atom stereocenters. The van der Waals surface area contributed by atoms with Crippen LogP contribution < -0.4 is 20.1 Å². The summed E-state index contributed by atoms with van der Waals surface area (Å²) in [6.45, 7) is 4.85. The monoisotopic (exact) mass is 524 g/mol. The zero-order valence-electron chi connectivity index (χ0n) is 18.1. The molecule has 0 aliphatic carbocycles. The Morgan fingerprint density at radius 1 is 1.03 bits per heavy atom. The van der Waals surface area contributed by atoms with Crippen LogP contribution in [0.4, 0.5) is 0 Å². The number of fused-ring (bicyclic) bond motifs is 1. The minimum Gasteiger partial charge on any atom is -0.493 e. The van der Waals surface area contributed by atoms with Gasteiger partial charge in [-0.05, 0) is 41.7 Å². The van der Waals surface area contributed by atoms with Crippen molar-refractivity contribution in [2.75, 3.05) is 40.9 Å². The summed E-state index contributed by atoms with van der Waals surface area (Å²) in [4.78, 5) is 6.85. The lowest BCUT2D eigenvalue weighted by molar-refractivity contribution is 0.251. The number of nitrogens with zero attached hydrogens (tertiary/aromatic N) is 2. The normalized spacial score (nSPS) is 13.8. The fourth-order valence-corrected chi connectivity index (χ4v) is 3.65. The van der Waals surface area contributed by atoms with Crippen molar-refractivity contribution in [2.45, 2.75) is 25.9 Å². The summed E-state index contributed by atoms with van der Waals surface area (Å²) < 4.78 is 10.7. The maximum absolute atomic E-state index is 5.37. The summed E-state index contributed by atoms with van der Waals surface area (Å²) in [6, 6.07) is 14.7. The van der Waals surface area contributed by atoms with Gasteiger partial charge in [-0.15, -0.1) is 24.0 Å². The molecule has 1 heterocycles. The van der Waals surface area contributed by atoms with Gasteiger partial charge in [0, 0.05) is 39.8 Å². The Morgan fingerprint density at radius 2 is 1.80 bits per heavy atom. The fraction of sp³-hybridized carbons (Fsp3) is 0.435. The molecule has 2 aromatic rings. The maximum Gasteiger partial charge on any atom is 0.191 e. The third-order valence-electron chi connectivity index (χ3n) is 5.28. The highest BCUT2D eigenvalue weighted by molar-refractivity contribution is 14.0. The number of guanidine groups is 1. The molecule has 1 aliphatic heterocycles. The molecule has 0 saturated heterocycles. The van der Waals surface area contributed by atoms with E-state index in [1.807, 2.05) is 18.2 Å². The first-order valence-electron chi connectivity index (χ1n) is 10.2. The Labute approximate surface area is 197 Å². The summed E-state index contributed by atoms with van der Waals surface area (Å²) in [5.41, 5.74) is 4.08. The van der Waals surface area contributed by atoms with E-state index in [2.05, 4.69) is 44.8 Å². The van der Waals surface area contributed by atoms with Crippen LogP contribution in [-0.4, -0.2) is 51.8 Å². The van der Waals surface area contributed by atoms with Crippen LogP contribution >= 0.6 is 24.0 Å². The molecule has 0 aromatic heterocycles. The first kappa shape index (κ1) is 24.3. The molecule has 1 aliphatic rings. The van der Waals surface area contributed by atoms with E-state index in [9.17, 15) is 0 Å². The molecule has 0 spiro atoms.